The normalized spacial score (nSPS) is 12.4. The quantitative estimate of drug-likeness (QED) is 0.415. The van der Waals surface area contributed by atoms with E-state index >= 15 is 0 Å². The molecule has 1 atom stereocenters. The number of nitrogens with one attached hydrogen (secondary N) is 1. The van der Waals surface area contributed by atoms with E-state index in [2.05, 4.69) is 23.2 Å². The van der Waals surface area contributed by atoms with E-state index in [1.165, 1.54) is 0 Å². The lowest BCUT2D eigenvalue weighted by molar-refractivity contribution is -0.119. The predicted octanol–water partition coefficient (Wildman–Crippen LogP) is 6.18. The molecule has 0 aliphatic carbocycles. The maximum absolute atomic E-state index is 13.6. The summed E-state index contributed by atoms with van der Waals surface area (Å²) in [6.07, 6.45) is 0.566. The zero-order valence-corrected chi connectivity index (χ0v) is 16.9. The van der Waals surface area contributed by atoms with Gasteiger partial charge in [0.15, 0.2) is 0 Å². The summed E-state index contributed by atoms with van der Waals surface area (Å²) in [5.41, 5.74) is 1.62. The third kappa shape index (κ3) is 3.97. The second-order valence-electron chi connectivity index (χ2n) is 7.26. The van der Waals surface area contributed by atoms with E-state index in [1.807, 2.05) is 104 Å². The van der Waals surface area contributed by atoms with Gasteiger partial charge in [-0.25, -0.2) is 0 Å². The highest BCUT2D eigenvalue weighted by atomic mass is 16.2. The monoisotopic (exact) mass is 389 g/mol. The van der Waals surface area contributed by atoms with Gasteiger partial charge in [0.1, 0.15) is 5.41 Å². The minimum Gasteiger partial charge on any atom is -0.324 e. The highest BCUT2D eigenvalue weighted by Gasteiger charge is 2.37. The molecule has 4 rings (SSSR count). The third-order valence-electron chi connectivity index (χ3n) is 5.39. The average Bonchev–Trinajstić information content (AvgIpc) is 2.81. The van der Waals surface area contributed by atoms with E-state index in [-0.39, 0.29) is 5.91 Å². The fourth-order valence-corrected chi connectivity index (χ4v) is 3.64. The van der Waals surface area contributed by atoms with E-state index in [0.29, 0.717) is 6.42 Å². The zero-order chi connectivity index (χ0) is 20.8. The number of carbonyl (C=O) groups excluding carboxylic acids is 1. The summed E-state index contributed by atoms with van der Waals surface area (Å²) in [5, 5.41) is 5.35. The molecule has 0 aliphatic heterocycles. The van der Waals surface area contributed by atoms with Crippen LogP contribution in [0, 0.1) is 11.8 Å². The van der Waals surface area contributed by atoms with Crippen LogP contribution >= 0.6 is 0 Å². The lowest BCUT2D eigenvalue weighted by Gasteiger charge is -2.27. The summed E-state index contributed by atoms with van der Waals surface area (Å²) in [7, 11) is 0. The fraction of sp³-hybridized carbons (Fsp3) is 0.107. The van der Waals surface area contributed by atoms with Crippen LogP contribution in [-0.2, 0) is 10.2 Å². The van der Waals surface area contributed by atoms with E-state index < -0.39 is 5.41 Å². The van der Waals surface area contributed by atoms with Crippen LogP contribution in [0.5, 0.6) is 0 Å². The second-order valence-corrected chi connectivity index (χ2v) is 7.26. The molecular weight excluding hydrogens is 366 g/mol. The van der Waals surface area contributed by atoms with Crippen molar-refractivity contribution in [2.24, 2.45) is 0 Å². The molecule has 4 aromatic rings. The summed E-state index contributed by atoms with van der Waals surface area (Å²) >= 11 is 0. The average molecular weight is 389 g/mol. The van der Waals surface area contributed by atoms with Crippen molar-refractivity contribution in [3.05, 3.63) is 114 Å². The van der Waals surface area contributed by atoms with Gasteiger partial charge in [0.2, 0.25) is 5.91 Å². The number of carbonyl (C=O) groups is 1. The molecule has 4 aromatic carbocycles. The number of benzene rings is 4. The van der Waals surface area contributed by atoms with Crippen molar-refractivity contribution >= 4 is 22.4 Å². The largest absolute Gasteiger partial charge is 0.324 e. The number of fused-ring (bicyclic) bond motifs is 1. The molecular formula is C28H23NO. The summed E-state index contributed by atoms with van der Waals surface area (Å²) < 4.78 is 0. The topological polar surface area (TPSA) is 29.1 Å². The van der Waals surface area contributed by atoms with Gasteiger partial charge < -0.3 is 5.32 Å². The second kappa shape index (κ2) is 8.68. The molecule has 0 bridgehead atoms. The first kappa shape index (κ1) is 19.5. The highest BCUT2D eigenvalue weighted by Crippen LogP contribution is 2.30. The van der Waals surface area contributed by atoms with Crippen LogP contribution < -0.4 is 5.32 Å². The van der Waals surface area contributed by atoms with Gasteiger partial charge in [-0.3, -0.25) is 4.79 Å². The van der Waals surface area contributed by atoms with Crippen LogP contribution in [-0.4, -0.2) is 5.91 Å². The summed E-state index contributed by atoms with van der Waals surface area (Å²) in [4.78, 5) is 13.6. The van der Waals surface area contributed by atoms with Gasteiger partial charge in [-0.2, -0.15) is 0 Å². The summed E-state index contributed by atoms with van der Waals surface area (Å²) in [6.45, 7) is 2.01. The van der Waals surface area contributed by atoms with Crippen molar-refractivity contribution in [3.8, 4) is 11.8 Å². The Morgan fingerprint density at radius 2 is 1.43 bits per heavy atom. The molecule has 0 unspecified atom stereocenters. The molecule has 1 amide bonds. The van der Waals surface area contributed by atoms with Crippen LogP contribution in [0.4, 0.5) is 5.69 Å². The van der Waals surface area contributed by atoms with Gasteiger partial charge in [0, 0.05) is 11.3 Å². The molecule has 0 radical (unpaired) electrons. The van der Waals surface area contributed by atoms with Crippen molar-refractivity contribution in [3.63, 3.8) is 0 Å². The molecule has 0 aromatic heterocycles. The van der Waals surface area contributed by atoms with Crippen molar-refractivity contribution in [2.75, 3.05) is 5.32 Å². The van der Waals surface area contributed by atoms with Gasteiger partial charge in [0.05, 0.1) is 0 Å². The summed E-state index contributed by atoms with van der Waals surface area (Å²) in [6, 6.07) is 33.7. The van der Waals surface area contributed by atoms with Gasteiger partial charge >= 0.3 is 0 Å². The lowest BCUT2D eigenvalue weighted by Crippen LogP contribution is -2.38. The zero-order valence-electron chi connectivity index (χ0n) is 16.9. The molecule has 0 spiro atoms. The van der Waals surface area contributed by atoms with E-state index in [9.17, 15) is 4.79 Å². The van der Waals surface area contributed by atoms with E-state index in [4.69, 9.17) is 0 Å². The van der Waals surface area contributed by atoms with Gasteiger partial charge in [-0.15, -0.1) is 0 Å². The fourth-order valence-electron chi connectivity index (χ4n) is 3.64. The maximum Gasteiger partial charge on any atom is 0.247 e. The first-order valence-electron chi connectivity index (χ1n) is 10.2. The minimum atomic E-state index is -0.942. The smallest absolute Gasteiger partial charge is 0.247 e. The molecule has 1 N–H and O–H groups in total. The molecule has 0 saturated carbocycles. The highest BCUT2D eigenvalue weighted by molar-refractivity contribution is 6.03. The van der Waals surface area contributed by atoms with E-state index in [0.717, 1.165) is 27.6 Å². The Bertz CT molecular complexity index is 1220. The Morgan fingerprint density at radius 1 is 0.800 bits per heavy atom. The number of rotatable bonds is 4. The number of amides is 1. The molecule has 30 heavy (non-hydrogen) atoms. The standard InChI is InChI=1S/C28H23NO/c1-2-28(25-15-7-4-8-16-25,20-19-22-11-5-3-6-12-22)27(30)29-26-18-17-23-13-9-10-14-24(23)21-26/h3-18,21H,2H2,1H3,(H,29,30)/t28-/m1/s1. The number of hydrogen-bond acceptors (Lipinski definition) is 1. The lowest BCUT2D eigenvalue weighted by atomic mass is 9.77. The Hall–Kier alpha value is -3.83. The van der Waals surface area contributed by atoms with Crippen molar-refractivity contribution < 1.29 is 4.79 Å². The first-order chi connectivity index (χ1) is 14.7. The van der Waals surface area contributed by atoms with Crippen LogP contribution in [0.25, 0.3) is 10.8 Å². The van der Waals surface area contributed by atoms with Crippen molar-refractivity contribution in [1.29, 1.82) is 0 Å². The Labute approximate surface area is 177 Å². The van der Waals surface area contributed by atoms with Crippen LogP contribution in [0.15, 0.2) is 103 Å². The predicted molar refractivity (Wildman–Crippen MR) is 124 cm³/mol. The van der Waals surface area contributed by atoms with Crippen LogP contribution in [0.3, 0.4) is 0 Å². The van der Waals surface area contributed by atoms with Crippen molar-refractivity contribution in [1.82, 2.24) is 0 Å². The van der Waals surface area contributed by atoms with Crippen LogP contribution in [0.1, 0.15) is 24.5 Å². The minimum absolute atomic E-state index is 0.116. The number of anilines is 1. The molecule has 0 fully saturated rings. The van der Waals surface area contributed by atoms with E-state index in [1.54, 1.807) is 0 Å². The van der Waals surface area contributed by atoms with Gasteiger partial charge in [-0.1, -0.05) is 97.6 Å². The molecule has 0 heterocycles. The maximum atomic E-state index is 13.6. The van der Waals surface area contributed by atoms with Crippen LogP contribution in [0.2, 0.25) is 0 Å². The molecule has 146 valence electrons. The van der Waals surface area contributed by atoms with Crippen molar-refractivity contribution in [2.45, 2.75) is 18.8 Å². The SMILES string of the molecule is CC[C@](C#Cc1ccccc1)(C(=O)Nc1ccc2ccccc2c1)c1ccccc1. The number of hydrogen-bond donors (Lipinski definition) is 1. The molecule has 0 aliphatic rings. The third-order valence-corrected chi connectivity index (χ3v) is 5.39. The molecule has 2 heteroatoms. The van der Waals surface area contributed by atoms with Gasteiger partial charge in [0.25, 0.3) is 0 Å². The Kier molecular flexibility index (Phi) is 5.63. The van der Waals surface area contributed by atoms with Gasteiger partial charge in [-0.05, 0) is 47.0 Å². The summed E-state index contributed by atoms with van der Waals surface area (Å²) in [5.74, 6) is 6.42. The molecule has 0 saturated heterocycles. The Morgan fingerprint density at radius 3 is 2.13 bits per heavy atom. The Balaban J connectivity index is 1.74. The molecule has 2 nitrogen and oxygen atoms in total. The first-order valence-corrected chi connectivity index (χ1v) is 10.2.